The van der Waals surface area contributed by atoms with E-state index in [9.17, 15) is 9.59 Å². The molecule has 1 aromatic rings. The summed E-state index contributed by atoms with van der Waals surface area (Å²) in [5.41, 5.74) is 5.77. The zero-order valence-electron chi connectivity index (χ0n) is 11.7. The summed E-state index contributed by atoms with van der Waals surface area (Å²) in [5, 5.41) is 2.79. The molecular weight excluding hydrogens is 336 g/mol. The Balaban J connectivity index is 2.02. The van der Waals surface area contributed by atoms with Gasteiger partial charge >= 0.3 is 0 Å². The molecule has 1 atom stereocenters. The zero-order valence-corrected chi connectivity index (χ0v) is 13.3. The van der Waals surface area contributed by atoms with Crippen LogP contribution in [0.15, 0.2) is 22.8 Å². The lowest BCUT2D eigenvalue weighted by Gasteiger charge is -2.32. The number of halogens is 1. The molecule has 114 valence electrons. The molecule has 1 aliphatic rings. The van der Waals surface area contributed by atoms with Gasteiger partial charge in [0.1, 0.15) is 5.69 Å². The predicted octanol–water partition coefficient (Wildman–Crippen LogP) is 0.771. The van der Waals surface area contributed by atoms with Gasteiger partial charge in [-0.25, -0.2) is 4.98 Å². The second kappa shape index (κ2) is 7.51. The van der Waals surface area contributed by atoms with Crippen LogP contribution in [0, 0.1) is 5.92 Å². The maximum Gasteiger partial charge on any atom is 0.273 e. The van der Waals surface area contributed by atoms with Gasteiger partial charge in [0, 0.05) is 36.8 Å². The van der Waals surface area contributed by atoms with Crippen molar-refractivity contribution in [1.29, 1.82) is 0 Å². The van der Waals surface area contributed by atoms with Crippen molar-refractivity contribution in [2.75, 3.05) is 26.2 Å². The number of nitrogens with zero attached hydrogens (tertiary/aromatic N) is 2. The van der Waals surface area contributed by atoms with E-state index >= 15 is 0 Å². The van der Waals surface area contributed by atoms with E-state index in [-0.39, 0.29) is 17.7 Å². The van der Waals surface area contributed by atoms with Crippen LogP contribution in [-0.4, -0.2) is 47.9 Å². The highest BCUT2D eigenvalue weighted by Gasteiger charge is 2.29. The number of pyridine rings is 1. The van der Waals surface area contributed by atoms with E-state index in [0.29, 0.717) is 36.3 Å². The first-order valence-electron chi connectivity index (χ1n) is 7.01. The molecule has 0 saturated carbocycles. The number of hydrogen-bond donors (Lipinski definition) is 2. The Morgan fingerprint density at radius 2 is 2.33 bits per heavy atom. The van der Waals surface area contributed by atoms with Crippen molar-refractivity contribution in [2.45, 2.75) is 12.8 Å². The normalized spacial score (nSPS) is 18.4. The molecule has 2 amide bonds. The van der Waals surface area contributed by atoms with Crippen molar-refractivity contribution in [2.24, 2.45) is 11.7 Å². The number of amides is 2. The molecule has 0 radical (unpaired) electrons. The van der Waals surface area contributed by atoms with Gasteiger partial charge < -0.3 is 16.0 Å². The van der Waals surface area contributed by atoms with Gasteiger partial charge in [0.2, 0.25) is 5.91 Å². The van der Waals surface area contributed by atoms with Gasteiger partial charge in [-0.2, -0.15) is 0 Å². The molecule has 1 saturated heterocycles. The van der Waals surface area contributed by atoms with Gasteiger partial charge in [-0.1, -0.05) is 0 Å². The molecule has 0 aromatic carbocycles. The highest BCUT2D eigenvalue weighted by molar-refractivity contribution is 9.10. The number of carbonyl (C=O) groups excluding carboxylic acids is 2. The summed E-state index contributed by atoms with van der Waals surface area (Å²) >= 11 is 3.34. The van der Waals surface area contributed by atoms with Crippen molar-refractivity contribution in [1.82, 2.24) is 15.2 Å². The maximum atomic E-state index is 12.5. The molecule has 1 aromatic heterocycles. The first-order chi connectivity index (χ1) is 10.1. The van der Waals surface area contributed by atoms with Gasteiger partial charge in [0.05, 0.1) is 5.92 Å². The van der Waals surface area contributed by atoms with Gasteiger partial charge in [0.15, 0.2) is 0 Å². The molecule has 2 heterocycles. The molecule has 0 bridgehead atoms. The van der Waals surface area contributed by atoms with E-state index in [4.69, 9.17) is 5.73 Å². The van der Waals surface area contributed by atoms with E-state index in [0.717, 1.165) is 12.8 Å². The number of hydrogen-bond acceptors (Lipinski definition) is 4. The average molecular weight is 355 g/mol. The van der Waals surface area contributed by atoms with Crippen LogP contribution in [0.5, 0.6) is 0 Å². The fraction of sp³-hybridized carbons (Fsp3) is 0.500. The molecule has 1 unspecified atom stereocenters. The van der Waals surface area contributed by atoms with Crippen LogP contribution in [-0.2, 0) is 4.79 Å². The largest absolute Gasteiger partial charge is 0.355 e. The van der Waals surface area contributed by atoms with Gasteiger partial charge in [0.25, 0.3) is 5.91 Å². The quantitative estimate of drug-likeness (QED) is 0.835. The van der Waals surface area contributed by atoms with E-state index in [1.807, 2.05) is 0 Å². The van der Waals surface area contributed by atoms with Crippen molar-refractivity contribution < 1.29 is 9.59 Å². The standard InChI is InChI=1S/C14H19BrN4O2/c15-11-4-1-6-17-12(11)14(21)19-8-2-3-10(9-19)13(20)18-7-5-16/h1,4,6,10H,2-3,5,7-9,16H2,(H,18,20). The molecule has 1 fully saturated rings. The zero-order chi connectivity index (χ0) is 15.2. The smallest absolute Gasteiger partial charge is 0.273 e. The highest BCUT2D eigenvalue weighted by Crippen LogP contribution is 2.21. The van der Waals surface area contributed by atoms with Gasteiger partial charge in [-0.3, -0.25) is 9.59 Å². The van der Waals surface area contributed by atoms with Crippen LogP contribution < -0.4 is 11.1 Å². The molecular formula is C14H19BrN4O2. The number of carbonyl (C=O) groups is 2. The van der Waals surface area contributed by atoms with Crippen molar-refractivity contribution in [3.05, 3.63) is 28.5 Å². The third-order valence-electron chi connectivity index (χ3n) is 3.48. The van der Waals surface area contributed by atoms with Crippen LogP contribution in [0.2, 0.25) is 0 Å². The lowest BCUT2D eigenvalue weighted by Crippen LogP contribution is -2.46. The van der Waals surface area contributed by atoms with E-state index < -0.39 is 0 Å². The Bertz CT molecular complexity index is 523. The van der Waals surface area contributed by atoms with E-state index in [1.165, 1.54) is 0 Å². The number of nitrogens with one attached hydrogen (secondary N) is 1. The molecule has 3 N–H and O–H groups in total. The molecule has 1 aliphatic heterocycles. The second-order valence-electron chi connectivity index (χ2n) is 5.00. The Labute approximate surface area is 132 Å². The Hall–Kier alpha value is -1.47. The topological polar surface area (TPSA) is 88.3 Å². The molecule has 7 heteroatoms. The monoisotopic (exact) mass is 354 g/mol. The van der Waals surface area contributed by atoms with Crippen LogP contribution >= 0.6 is 15.9 Å². The lowest BCUT2D eigenvalue weighted by molar-refractivity contribution is -0.126. The fourth-order valence-corrected chi connectivity index (χ4v) is 2.83. The van der Waals surface area contributed by atoms with Gasteiger partial charge in [-0.15, -0.1) is 0 Å². The highest BCUT2D eigenvalue weighted by atomic mass is 79.9. The molecule has 21 heavy (non-hydrogen) atoms. The Kier molecular flexibility index (Phi) is 5.69. The summed E-state index contributed by atoms with van der Waals surface area (Å²) in [4.78, 5) is 30.3. The number of aromatic nitrogens is 1. The van der Waals surface area contributed by atoms with Crippen molar-refractivity contribution in [3.63, 3.8) is 0 Å². The van der Waals surface area contributed by atoms with Crippen LogP contribution in [0.25, 0.3) is 0 Å². The summed E-state index contributed by atoms with van der Waals surface area (Å²) < 4.78 is 0.671. The molecule has 6 nitrogen and oxygen atoms in total. The van der Waals surface area contributed by atoms with Gasteiger partial charge in [-0.05, 0) is 40.9 Å². The third-order valence-corrected chi connectivity index (χ3v) is 4.12. The van der Waals surface area contributed by atoms with Crippen LogP contribution in [0.1, 0.15) is 23.3 Å². The summed E-state index contributed by atoms with van der Waals surface area (Å²) in [5.74, 6) is -0.339. The second-order valence-corrected chi connectivity index (χ2v) is 5.86. The number of piperidine rings is 1. The summed E-state index contributed by atoms with van der Waals surface area (Å²) in [6.45, 7) is 1.97. The molecule has 0 spiro atoms. The maximum absolute atomic E-state index is 12.5. The fourth-order valence-electron chi connectivity index (χ4n) is 2.41. The summed E-state index contributed by atoms with van der Waals surface area (Å²) in [6, 6.07) is 3.55. The van der Waals surface area contributed by atoms with E-state index in [2.05, 4.69) is 26.2 Å². The SMILES string of the molecule is NCCNC(=O)C1CCCN(C(=O)c2ncccc2Br)C1. The minimum atomic E-state index is -0.170. The first kappa shape index (κ1) is 15.9. The number of nitrogens with two attached hydrogens (primary N) is 1. The summed E-state index contributed by atoms with van der Waals surface area (Å²) in [7, 11) is 0. The first-order valence-corrected chi connectivity index (χ1v) is 7.80. The Morgan fingerprint density at radius 3 is 3.05 bits per heavy atom. The number of rotatable bonds is 4. The third kappa shape index (κ3) is 4.01. The number of likely N-dealkylation sites (tertiary alicyclic amines) is 1. The minimum Gasteiger partial charge on any atom is -0.355 e. The lowest BCUT2D eigenvalue weighted by atomic mass is 9.97. The Morgan fingerprint density at radius 1 is 1.52 bits per heavy atom. The summed E-state index contributed by atoms with van der Waals surface area (Å²) in [6.07, 6.45) is 3.20. The predicted molar refractivity (Wildman–Crippen MR) is 82.6 cm³/mol. The van der Waals surface area contributed by atoms with Crippen molar-refractivity contribution in [3.8, 4) is 0 Å². The molecule has 0 aliphatic carbocycles. The van der Waals surface area contributed by atoms with Crippen LogP contribution in [0.4, 0.5) is 0 Å². The average Bonchev–Trinajstić information content (AvgIpc) is 2.52. The van der Waals surface area contributed by atoms with Crippen LogP contribution in [0.3, 0.4) is 0 Å². The van der Waals surface area contributed by atoms with E-state index in [1.54, 1.807) is 23.2 Å². The molecule has 2 rings (SSSR count). The van der Waals surface area contributed by atoms with Crippen molar-refractivity contribution >= 4 is 27.7 Å². The minimum absolute atomic E-state index is 0.0296.